The van der Waals surface area contributed by atoms with Crippen molar-refractivity contribution in [3.05, 3.63) is 63.6 Å². The fourth-order valence-electron chi connectivity index (χ4n) is 2.85. The number of imide groups is 2. The van der Waals surface area contributed by atoms with E-state index in [4.69, 9.17) is 4.74 Å². The Morgan fingerprint density at radius 3 is 2.43 bits per heavy atom. The van der Waals surface area contributed by atoms with Gasteiger partial charge in [-0.15, -0.1) is 0 Å². The first kappa shape index (κ1) is 19.8. The maximum absolute atomic E-state index is 13.0. The summed E-state index contributed by atoms with van der Waals surface area (Å²) in [6, 6.07) is 11.6. The van der Waals surface area contributed by atoms with Crippen LogP contribution in [0.4, 0.5) is 10.5 Å². The van der Waals surface area contributed by atoms with E-state index in [0.29, 0.717) is 23.6 Å². The van der Waals surface area contributed by atoms with Crippen LogP contribution in [-0.4, -0.2) is 24.5 Å². The second-order valence-corrected chi connectivity index (χ2v) is 7.01. The van der Waals surface area contributed by atoms with Gasteiger partial charge in [0.1, 0.15) is 11.3 Å². The van der Waals surface area contributed by atoms with E-state index in [1.54, 1.807) is 30.3 Å². The largest absolute Gasteiger partial charge is 0.493 e. The van der Waals surface area contributed by atoms with Crippen molar-refractivity contribution in [3.8, 4) is 5.75 Å². The third kappa shape index (κ3) is 3.99. The van der Waals surface area contributed by atoms with Crippen molar-refractivity contribution in [3.63, 3.8) is 0 Å². The van der Waals surface area contributed by atoms with Crippen LogP contribution >= 0.6 is 15.9 Å². The summed E-state index contributed by atoms with van der Waals surface area (Å²) in [5, 5.41) is 2.23. The number of barbiturate groups is 1. The highest BCUT2D eigenvalue weighted by molar-refractivity contribution is 9.10. The number of nitrogens with one attached hydrogen (secondary N) is 1. The van der Waals surface area contributed by atoms with Crippen molar-refractivity contribution in [1.29, 1.82) is 0 Å². The molecule has 2 aromatic carbocycles. The van der Waals surface area contributed by atoms with Crippen molar-refractivity contribution < 1.29 is 19.1 Å². The van der Waals surface area contributed by atoms with Gasteiger partial charge in [-0.25, -0.2) is 9.69 Å². The first-order valence-corrected chi connectivity index (χ1v) is 9.66. The number of carbonyl (C=O) groups is 3. The summed E-state index contributed by atoms with van der Waals surface area (Å²) in [7, 11) is 0. The minimum Gasteiger partial charge on any atom is -0.493 e. The highest BCUT2D eigenvalue weighted by Crippen LogP contribution is 2.28. The molecule has 0 radical (unpaired) electrons. The van der Waals surface area contributed by atoms with E-state index in [0.717, 1.165) is 21.4 Å². The van der Waals surface area contributed by atoms with Crippen LogP contribution in [0.2, 0.25) is 0 Å². The predicted octanol–water partition coefficient (Wildman–Crippen LogP) is 4.08. The monoisotopic (exact) mass is 442 g/mol. The molecule has 0 aliphatic carbocycles. The molecule has 1 heterocycles. The van der Waals surface area contributed by atoms with Gasteiger partial charge >= 0.3 is 6.03 Å². The first-order chi connectivity index (χ1) is 13.4. The summed E-state index contributed by atoms with van der Waals surface area (Å²) < 4.78 is 6.35. The Morgan fingerprint density at radius 1 is 1.07 bits per heavy atom. The van der Waals surface area contributed by atoms with Crippen molar-refractivity contribution >= 4 is 45.5 Å². The summed E-state index contributed by atoms with van der Waals surface area (Å²) in [6.45, 7) is 4.30. The highest BCUT2D eigenvalue weighted by atomic mass is 79.9. The molecule has 28 heavy (non-hydrogen) atoms. The van der Waals surface area contributed by atoms with Gasteiger partial charge in [0.2, 0.25) is 0 Å². The Morgan fingerprint density at radius 2 is 1.79 bits per heavy atom. The fraction of sp³-hybridized carbons (Fsp3) is 0.190. The molecule has 1 N–H and O–H groups in total. The number of halogens is 1. The van der Waals surface area contributed by atoms with Crippen LogP contribution in [0.15, 0.2) is 52.5 Å². The van der Waals surface area contributed by atoms with Crippen molar-refractivity contribution in [2.24, 2.45) is 0 Å². The number of carbonyl (C=O) groups excluding carboxylic acids is 3. The average molecular weight is 443 g/mol. The Kier molecular flexibility index (Phi) is 5.94. The molecule has 144 valence electrons. The Balaban J connectivity index is 2.02. The van der Waals surface area contributed by atoms with E-state index in [1.165, 1.54) is 6.08 Å². The summed E-state index contributed by atoms with van der Waals surface area (Å²) in [5.41, 5.74) is 1.90. The number of aryl methyl sites for hydroxylation is 1. The lowest BCUT2D eigenvalue weighted by molar-refractivity contribution is -0.122. The first-order valence-electron chi connectivity index (χ1n) is 8.87. The SMILES string of the molecule is CCOc1ccc(Br)cc1/C=C1/C(=O)NC(=O)N(c2ccc(CC)cc2)C1=O. The molecule has 2 aromatic rings. The van der Waals surface area contributed by atoms with Crippen LogP contribution in [-0.2, 0) is 16.0 Å². The van der Waals surface area contributed by atoms with E-state index in [-0.39, 0.29) is 5.57 Å². The molecule has 4 amide bonds. The molecule has 6 nitrogen and oxygen atoms in total. The van der Waals surface area contributed by atoms with E-state index in [1.807, 2.05) is 26.0 Å². The minimum atomic E-state index is -0.768. The summed E-state index contributed by atoms with van der Waals surface area (Å²) in [4.78, 5) is 38.6. The van der Waals surface area contributed by atoms with Crippen molar-refractivity contribution in [2.75, 3.05) is 11.5 Å². The minimum absolute atomic E-state index is 0.141. The Bertz CT molecular complexity index is 967. The van der Waals surface area contributed by atoms with Gasteiger partial charge < -0.3 is 4.74 Å². The number of hydrogen-bond donors (Lipinski definition) is 1. The molecule has 3 rings (SSSR count). The molecule has 7 heteroatoms. The van der Waals surface area contributed by atoms with E-state index >= 15 is 0 Å². The zero-order valence-corrected chi connectivity index (χ0v) is 17.1. The molecule has 0 spiro atoms. The second-order valence-electron chi connectivity index (χ2n) is 6.09. The Labute approximate surface area is 171 Å². The van der Waals surface area contributed by atoms with Gasteiger partial charge in [0.05, 0.1) is 12.3 Å². The fourth-order valence-corrected chi connectivity index (χ4v) is 3.23. The van der Waals surface area contributed by atoms with E-state index in [2.05, 4.69) is 21.2 Å². The van der Waals surface area contributed by atoms with Gasteiger partial charge in [-0.1, -0.05) is 35.0 Å². The summed E-state index contributed by atoms with van der Waals surface area (Å²) in [5.74, 6) is -0.881. The number of benzene rings is 2. The molecule has 0 aromatic heterocycles. The van der Waals surface area contributed by atoms with E-state index < -0.39 is 17.8 Å². The Hall–Kier alpha value is -2.93. The zero-order valence-electron chi connectivity index (χ0n) is 15.5. The zero-order chi connectivity index (χ0) is 20.3. The molecule has 0 bridgehead atoms. The summed E-state index contributed by atoms with van der Waals surface area (Å²) >= 11 is 3.38. The number of ether oxygens (including phenoxy) is 1. The maximum atomic E-state index is 13.0. The third-order valence-electron chi connectivity index (χ3n) is 4.28. The lowest BCUT2D eigenvalue weighted by atomic mass is 10.1. The van der Waals surface area contributed by atoms with Gasteiger partial charge in [-0.2, -0.15) is 0 Å². The number of amides is 4. The number of nitrogens with zero attached hydrogens (tertiary/aromatic N) is 1. The molecule has 1 aliphatic heterocycles. The standard InChI is InChI=1S/C21H19BrN2O4/c1-3-13-5-8-16(9-6-13)24-20(26)17(19(25)23-21(24)27)12-14-11-15(22)7-10-18(14)28-4-2/h5-12H,3-4H2,1-2H3,(H,23,25,27)/b17-12-. The van der Waals surface area contributed by atoms with Crippen molar-refractivity contribution in [1.82, 2.24) is 5.32 Å². The van der Waals surface area contributed by atoms with E-state index in [9.17, 15) is 14.4 Å². The van der Waals surface area contributed by atoms with Crippen LogP contribution in [0.25, 0.3) is 6.08 Å². The van der Waals surface area contributed by atoms with Gasteiger partial charge in [0.25, 0.3) is 11.8 Å². The van der Waals surface area contributed by atoms with Gasteiger partial charge in [-0.3, -0.25) is 14.9 Å². The molecular weight excluding hydrogens is 424 g/mol. The number of urea groups is 1. The highest BCUT2D eigenvalue weighted by Gasteiger charge is 2.36. The predicted molar refractivity (Wildman–Crippen MR) is 110 cm³/mol. The average Bonchev–Trinajstić information content (AvgIpc) is 2.67. The molecule has 0 atom stereocenters. The molecule has 0 unspecified atom stereocenters. The summed E-state index contributed by atoms with van der Waals surface area (Å²) in [6.07, 6.45) is 2.28. The maximum Gasteiger partial charge on any atom is 0.335 e. The lowest BCUT2D eigenvalue weighted by Gasteiger charge is -2.26. The topological polar surface area (TPSA) is 75.7 Å². The quantitative estimate of drug-likeness (QED) is 0.559. The molecule has 0 saturated carbocycles. The molecule has 1 fully saturated rings. The second kappa shape index (κ2) is 8.39. The van der Waals surface area contributed by atoms with Gasteiger partial charge in [0.15, 0.2) is 0 Å². The van der Waals surface area contributed by atoms with Crippen LogP contribution in [0.3, 0.4) is 0 Å². The number of hydrogen-bond acceptors (Lipinski definition) is 4. The molecule has 1 saturated heterocycles. The molecule has 1 aliphatic rings. The number of anilines is 1. The van der Waals surface area contributed by atoms with Crippen LogP contribution in [0.5, 0.6) is 5.75 Å². The smallest absolute Gasteiger partial charge is 0.335 e. The van der Waals surface area contributed by atoms with Crippen LogP contribution in [0, 0.1) is 0 Å². The van der Waals surface area contributed by atoms with Crippen molar-refractivity contribution in [2.45, 2.75) is 20.3 Å². The lowest BCUT2D eigenvalue weighted by Crippen LogP contribution is -2.54. The molecular formula is C21H19BrN2O4. The van der Waals surface area contributed by atoms with Gasteiger partial charge in [0, 0.05) is 10.0 Å². The number of rotatable bonds is 5. The van der Waals surface area contributed by atoms with Crippen LogP contribution < -0.4 is 15.0 Å². The van der Waals surface area contributed by atoms with Gasteiger partial charge in [-0.05, 0) is 55.3 Å². The van der Waals surface area contributed by atoms with Crippen LogP contribution in [0.1, 0.15) is 25.0 Å². The normalized spacial score (nSPS) is 15.8. The third-order valence-corrected chi connectivity index (χ3v) is 4.77.